The number of hydrogen-bond donors (Lipinski definition) is 1. The van der Waals surface area contributed by atoms with Crippen molar-refractivity contribution in [2.75, 3.05) is 19.3 Å². The van der Waals surface area contributed by atoms with Crippen LogP contribution in [0.2, 0.25) is 0 Å². The molecule has 1 saturated heterocycles. The average Bonchev–Trinajstić information content (AvgIpc) is 2.26. The molecule has 0 saturated carbocycles. The van der Waals surface area contributed by atoms with Crippen LogP contribution < -0.4 is 5.73 Å². The summed E-state index contributed by atoms with van der Waals surface area (Å²) in [7, 11) is 0. The summed E-state index contributed by atoms with van der Waals surface area (Å²) in [4.78, 5) is 16.6. The molecule has 5 nitrogen and oxygen atoms in total. The maximum absolute atomic E-state index is 10.8. The Balaban J connectivity index is 2.45. The van der Waals surface area contributed by atoms with E-state index < -0.39 is 0 Å². The summed E-state index contributed by atoms with van der Waals surface area (Å²) in [5.41, 5.74) is 5.17. The number of primary amides is 1. The molecule has 0 aromatic carbocycles. The van der Waals surface area contributed by atoms with Crippen LogP contribution in [-0.2, 0) is 4.79 Å². The number of thioether (sulfide) groups is 1. The van der Waals surface area contributed by atoms with E-state index in [1.165, 1.54) is 11.8 Å². The van der Waals surface area contributed by atoms with E-state index in [9.17, 15) is 4.79 Å². The number of rotatable bonds is 2. The smallest absolute Gasteiger partial charge is 0.217 e. The third-order valence-corrected chi connectivity index (χ3v) is 3.42. The van der Waals surface area contributed by atoms with Gasteiger partial charge in [-0.1, -0.05) is 11.8 Å². The first-order valence-corrected chi connectivity index (χ1v) is 6.44. The van der Waals surface area contributed by atoms with Gasteiger partial charge in [0.05, 0.1) is 0 Å². The van der Waals surface area contributed by atoms with E-state index in [1.807, 2.05) is 12.4 Å². The van der Waals surface area contributed by atoms with Crippen molar-refractivity contribution in [3.63, 3.8) is 0 Å². The number of likely N-dealkylation sites (tertiary alicyclic amines) is 1. The van der Waals surface area contributed by atoms with Crippen molar-refractivity contribution in [3.05, 3.63) is 0 Å². The molecule has 1 aliphatic rings. The van der Waals surface area contributed by atoms with Gasteiger partial charge in [-0.25, -0.2) is 0 Å². The van der Waals surface area contributed by atoms with Crippen molar-refractivity contribution in [2.45, 2.75) is 19.3 Å². The molecular formula is C10H16N4OS. The molecule has 0 unspecified atom stereocenters. The van der Waals surface area contributed by atoms with Crippen LogP contribution in [0.5, 0.6) is 0 Å². The highest BCUT2D eigenvalue weighted by molar-refractivity contribution is 8.13. The molecule has 0 atom stereocenters. The fourth-order valence-corrected chi connectivity index (χ4v) is 2.47. The van der Waals surface area contributed by atoms with Crippen LogP contribution in [0.15, 0.2) is 4.99 Å². The van der Waals surface area contributed by atoms with Gasteiger partial charge in [0.15, 0.2) is 5.17 Å². The van der Waals surface area contributed by atoms with E-state index in [1.54, 1.807) is 0 Å². The molecule has 6 heteroatoms. The van der Waals surface area contributed by atoms with E-state index in [2.05, 4.69) is 9.89 Å². The second-order valence-electron chi connectivity index (χ2n) is 3.80. The van der Waals surface area contributed by atoms with Crippen LogP contribution in [0, 0.1) is 17.4 Å². The molecule has 1 aliphatic heterocycles. The molecule has 16 heavy (non-hydrogen) atoms. The molecule has 1 amide bonds. The Kier molecular flexibility index (Phi) is 5.12. The summed E-state index contributed by atoms with van der Waals surface area (Å²) in [5.74, 6) is 0.160. The molecule has 0 aliphatic carbocycles. The largest absolute Gasteiger partial charge is 0.370 e. The first-order valence-electron chi connectivity index (χ1n) is 5.21. The second-order valence-corrected chi connectivity index (χ2v) is 4.57. The number of carbonyl (C=O) groups is 1. The minimum atomic E-state index is -0.228. The van der Waals surface area contributed by atoms with Crippen LogP contribution in [0.3, 0.4) is 0 Å². The fraction of sp³-hybridized carbons (Fsp3) is 0.700. The van der Waals surface area contributed by atoms with Crippen LogP contribution in [0.1, 0.15) is 19.3 Å². The number of amides is 1. The van der Waals surface area contributed by atoms with Gasteiger partial charge >= 0.3 is 0 Å². The van der Waals surface area contributed by atoms with E-state index in [0.29, 0.717) is 12.3 Å². The second kappa shape index (κ2) is 6.38. The molecule has 0 aromatic rings. The molecule has 0 bridgehead atoms. The van der Waals surface area contributed by atoms with Crippen LogP contribution in [0.4, 0.5) is 0 Å². The van der Waals surface area contributed by atoms with Gasteiger partial charge in [0.1, 0.15) is 0 Å². The van der Waals surface area contributed by atoms with Crippen molar-refractivity contribution < 1.29 is 4.79 Å². The number of nitriles is 1. The summed E-state index contributed by atoms with van der Waals surface area (Å²) in [6.45, 7) is 1.69. The van der Waals surface area contributed by atoms with Crippen molar-refractivity contribution in [3.8, 4) is 6.19 Å². The average molecular weight is 240 g/mol. The first kappa shape index (κ1) is 12.8. The lowest BCUT2D eigenvalue weighted by Gasteiger charge is -2.32. The standard InChI is InChI=1S/C10H16N4OS/c1-16-10(13-7-11)14-4-2-8(3-5-14)6-9(12)15/h8H,2-6H2,1H3,(H2,12,15). The van der Waals surface area contributed by atoms with Gasteiger partial charge in [0, 0.05) is 19.5 Å². The van der Waals surface area contributed by atoms with Crippen LogP contribution in [0.25, 0.3) is 0 Å². The number of carbonyl (C=O) groups excluding carboxylic acids is 1. The molecule has 0 aromatic heterocycles. The molecule has 1 fully saturated rings. The highest BCUT2D eigenvalue weighted by Crippen LogP contribution is 2.22. The summed E-state index contributed by atoms with van der Waals surface area (Å²) >= 11 is 1.48. The Morgan fingerprint density at radius 1 is 1.62 bits per heavy atom. The van der Waals surface area contributed by atoms with Crippen LogP contribution in [-0.4, -0.2) is 35.3 Å². The maximum Gasteiger partial charge on any atom is 0.217 e. The first-order chi connectivity index (χ1) is 7.67. The van der Waals surface area contributed by atoms with Gasteiger partial charge in [-0.3, -0.25) is 4.79 Å². The Morgan fingerprint density at radius 3 is 2.69 bits per heavy atom. The fourth-order valence-electron chi connectivity index (χ4n) is 1.90. The molecule has 88 valence electrons. The molecule has 1 heterocycles. The van der Waals surface area contributed by atoms with Gasteiger partial charge in [0.2, 0.25) is 12.1 Å². The van der Waals surface area contributed by atoms with Crippen molar-refractivity contribution >= 4 is 22.8 Å². The van der Waals surface area contributed by atoms with Gasteiger partial charge in [-0.05, 0) is 25.0 Å². The topological polar surface area (TPSA) is 82.5 Å². The predicted molar refractivity (Wildman–Crippen MR) is 64.7 cm³/mol. The summed E-state index contributed by atoms with van der Waals surface area (Å²) in [5, 5.41) is 9.29. The minimum Gasteiger partial charge on any atom is -0.370 e. The predicted octanol–water partition coefficient (Wildman–Crippen LogP) is 0.774. The summed E-state index contributed by atoms with van der Waals surface area (Å²) in [6.07, 6.45) is 6.07. The lowest BCUT2D eigenvalue weighted by atomic mass is 9.94. The highest BCUT2D eigenvalue weighted by Gasteiger charge is 2.22. The Morgan fingerprint density at radius 2 is 2.25 bits per heavy atom. The molecule has 0 spiro atoms. The number of aliphatic imine (C=N–C) groups is 1. The number of piperidine rings is 1. The Hall–Kier alpha value is -1.22. The maximum atomic E-state index is 10.8. The Bertz CT molecular complexity index is 315. The SMILES string of the molecule is CSC(=NC#N)N1CCC(CC(N)=O)CC1. The highest BCUT2D eigenvalue weighted by atomic mass is 32.2. The van der Waals surface area contributed by atoms with Gasteiger partial charge in [-0.15, -0.1) is 4.99 Å². The summed E-state index contributed by atoms with van der Waals surface area (Å²) in [6, 6.07) is 0. The van der Waals surface area contributed by atoms with Gasteiger partial charge in [-0.2, -0.15) is 5.26 Å². The van der Waals surface area contributed by atoms with Crippen molar-refractivity contribution in [2.24, 2.45) is 16.6 Å². The molecular weight excluding hydrogens is 224 g/mol. The van der Waals surface area contributed by atoms with E-state index in [0.717, 1.165) is 31.1 Å². The van der Waals surface area contributed by atoms with Gasteiger partial charge in [0.25, 0.3) is 0 Å². The Labute approximate surface area is 99.7 Å². The van der Waals surface area contributed by atoms with E-state index in [-0.39, 0.29) is 5.91 Å². The summed E-state index contributed by atoms with van der Waals surface area (Å²) < 4.78 is 0. The van der Waals surface area contributed by atoms with Crippen LogP contribution >= 0.6 is 11.8 Å². The zero-order valence-electron chi connectivity index (χ0n) is 9.35. The lowest BCUT2D eigenvalue weighted by molar-refractivity contribution is -0.119. The number of nitrogens with two attached hydrogens (primary N) is 1. The zero-order chi connectivity index (χ0) is 12.0. The third-order valence-electron chi connectivity index (χ3n) is 2.70. The van der Waals surface area contributed by atoms with Crippen molar-refractivity contribution in [1.29, 1.82) is 5.26 Å². The molecule has 1 rings (SSSR count). The van der Waals surface area contributed by atoms with E-state index in [4.69, 9.17) is 11.0 Å². The molecule has 0 radical (unpaired) electrons. The minimum absolute atomic E-state index is 0.228. The van der Waals surface area contributed by atoms with Crippen molar-refractivity contribution in [1.82, 2.24) is 4.90 Å². The lowest BCUT2D eigenvalue weighted by Crippen LogP contribution is -2.37. The van der Waals surface area contributed by atoms with E-state index >= 15 is 0 Å². The number of nitrogens with zero attached hydrogens (tertiary/aromatic N) is 3. The normalized spacial score (nSPS) is 18.2. The monoisotopic (exact) mass is 240 g/mol. The molecule has 2 N–H and O–H groups in total. The number of amidine groups is 1. The number of hydrogen-bond acceptors (Lipinski definition) is 4. The quantitative estimate of drug-likeness (QED) is 0.439. The zero-order valence-corrected chi connectivity index (χ0v) is 10.2. The van der Waals surface area contributed by atoms with Gasteiger partial charge < -0.3 is 10.6 Å². The third kappa shape index (κ3) is 3.74.